The number of para-hydroxylation sites is 1. The Labute approximate surface area is 163 Å². The molecule has 0 atom stereocenters. The SMILES string of the molecule is C#CCOc1ccc(/C=C2/SC(=Nc3ccccc3CC)N(C)C2=O)cc1. The Bertz CT molecular complexity index is 940. The van der Waals surface area contributed by atoms with E-state index in [1.165, 1.54) is 11.8 Å². The second-order valence-electron chi connectivity index (χ2n) is 5.91. The molecule has 1 fully saturated rings. The van der Waals surface area contributed by atoms with Crippen LogP contribution in [-0.2, 0) is 11.2 Å². The maximum Gasteiger partial charge on any atom is 0.266 e. The molecule has 0 bridgehead atoms. The second-order valence-corrected chi connectivity index (χ2v) is 6.92. The minimum absolute atomic E-state index is 0.0552. The topological polar surface area (TPSA) is 41.9 Å². The number of hydrogen-bond acceptors (Lipinski definition) is 4. The average molecular weight is 376 g/mol. The van der Waals surface area contributed by atoms with Gasteiger partial charge in [0.05, 0.1) is 10.6 Å². The van der Waals surface area contributed by atoms with E-state index in [4.69, 9.17) is 16.2 Å². The molecule has 1 aliphatic heterocycles. The van der Waals surface area contributed by atoms with E-state index in [2.05, 4.69) is 18.9 Å². The van der Waals surface area contributed by atoms with Crippen LogP contribution in [0.15, 0.2) is 58.4 Å². The Hall–Kier alpha value is -2.97. The summed E-state index contributed by atoms with van der Waals surface area (Å²) in [6.07, 6.45) is 7.95. The minimum Gasteiger partial charge on any atom is -0.481 e. The number of thioether (sulfide) groups is 1. The van der Waals surface area contributed by atoms with Gasteiger partial charge in [0, 0.05) is 7.05 Å². The third-order valence-corrected chi connectivity index (χ3v) is 5.15. The number of hydrogen-bond donors (Lipinski definition) is 0. The van der Waals surface area contributed by atoms with E-state index in [1.807, 2.05) is 48.5 Å². The van der Waals surface area contributed by atoms with Gasteiger partial charge in [0.2, 0.25) is 0 Å². The van der Waals surface area contributed by atoms with Gasteiger partial charge < -0.3 is 4.74 Å². The number of carbonyl (C=O) groups excluding carboxylic acids is 1. The zero-order valence-electron chi connectivity index (χ0n) is 15.3. The quantitative estimate of drug-likeness (QED) is 0.570. The number of rotatable bonds is 5. The molecule has 0 aliphatic carbocycles. The number of benzene rings is 2. The number of aryl methyl sites for hydroxylation is 1. The Kier molecular flexibility index (Phi) is 6.00. The average Bonchev–Trinajstić information content (AvgIpc) is 2.95. The van der Waals surface area contributed by atoms with E-state index in [9.17, 15) is 4.79 Å². The van der Waals surface area contributed by atoms with Crippen molar-refractivity contribution in [3.05, 3.63) is 64.6 Å². The summed E-state index contributed by atoms with van der Waals surface area (Å²) >= 11 is 1.38. The first-order valence-electron chi connectivity index (χ1n) is 8.63. The molecule has 1 saturated heterocycles. The fourth-order valence-electron chi connectivity index (χ4n) is 2.61. The Morgan fingerprint density at radius 3 is 2.67 bits per heavy atom. The van der Waals surface area contributed by atoms with Gasteiger partial charge in [-0.3, -0.25) is 9.69 Å². The first kappa shape index (κ1) is 18.8. The first-order chi connectivity index (χ1) is 13.1. The predicted octanol–water partition coefficient (Wildman–Crippen LogP) is 4.49. The monoisotopic (exact) mass is 376 g/mol. The van der Waals surface area contributed by atoms with E-state index in [1.54, 1.807) is 11.9 Å². The third kappa shape index (κ3) is 4.42. The molecule has 1 aliphatic rings. The molecular weight excluding hydrogens is 356 g/mol. The summed E-state index contributed by atoms with van der Waals surface area (Å²) in [5.74, 6) is 3.08. The minimum atomic E-state index is -0.0552. The maximum absolute atomic E-state index is 12.6. The summed E-state index contributed by atoms with van der Waals surface area (Å²) < 4.78 is 5.37. The number of ether oxygens (including phenoxy) is 1. The van der Waals surface area contributed by atoms with Gasteiger partial charge in [-0.25, -0.2) is 4.99 Å². The Morgan fingerprint density at radius 2 is 1.96 bits per heavy atom. The largest absolute Gasteiger partial charge is 0.481 e. The third-order valence-electron chi connectivity index (χ3n) is 4.09. The molecule has 0 radical (unpaired) electrons. The number of carbonyl (C=O) groups is 1. The lowest BCUT2D eigenvalue weighted by Gasteiger charge is -2.08. The highest BCUT2D eigenvalue weighted by Gasteiger charge is 2.30. The summed E-state index contributed by atoms with van der Waals surface area (Å²) in [4.78, 5) is 19.5. The van der Waals surface area contributed by atoms with Crippen LogP contribution >= 0.6 is 11.8 Å². The van der Waals surface area contributed by atoms with Crippen LogP contribution in [0.3, 0.4) is 0 Å². The van der Waals surface area contributed by atoms with Crippen molar-refractivity contribution < 1.29 is 9.53 Å². The van der Waals surface area contributed by atoms with E-state index in [-0.39, 0.29) is 12.5 Å². The molecule has 0 aromatic heterocycles. The van der Waals surface area contributed by atoms with Crippen molar-refractivity contribution in [2.24, 2.45) is 4.99 Å². The Morgan fingerprint density at radius 1 is 1.22 bits per heavy atom. The van der Waals surface area contributed by atoms with Crippen molar-refractivity contribution >= 4 is 34.6 Å². The number of nitrogens with zero attached hydrogens (tertiary/aromatic N) is 2. The van der Waals surface area contributed by atoms with Crippen LogP contribution in [0.25, 0.3) is 6.08 Å². The van der Waals surface area contributed by atoms with Gasteiger partial charge in [0.1, 0.15) is 12.4 Å². The fourth-order valence-corrected chi connectivity index (χ4v) is 3.59. The zero-order valence-corrected chi connectivity index (χ0v) is 16.1. The predicted molar refractivity (Wildman–Crippen MR) is 112 cm³/mol. The fraction of sp³-hybridized carbons (Fsp3) is 0.182. The highest BCUT2D eigenvalue weighted by Crippen LogP contribution is 2.34. The van der Waals surface area contributed by atoms with Crippen molar-refractivity contribution in [3.8, 4) is 18.1 Å². The van der Waals surface area contributed by atoms with Crippen molar-refractivity contribution in [2.45, 2.75) is 13.3 Å². The smallest absolute Gasteiger partial charge is 0.266 e. The van der Waals surface area contributed by atoms with Gasteiger partial charge >= 0.3 is 0 Å². The molecule has 1 amide bonds. The van der Waals surface area contributed by atoms with Crippen LogP contribution in [0, 0.1) is 12.3 Å². The lowest BCUT2D eigenvalue weighted by molar-refractivity contribution is -0.121. The van der Waals surface area contributed by atoms with Gasteiger partial charge in [-0.15, -0.1) is 6.42 Å². The summed E-state index contributed by atoms with van der Waals surface area (Å²) in [5.41, 5.74) is 2.98. The lowest BCUT2D eigenvalue weighted by atomic mass is 10.1. The van der Waals surface area contributed by atoms with Crippen molar-refractivity contribution in [1.82, 2.24) is 4.90 Å². The molecule has 0 spiro atoms. The van der Waals surface area contributed by atoms with E-state index in [0.29, 0.717) is 15.8 Å². The summed E-state index contributed by atoms with van der Waals surface area (Å²) in [5, 5.41) is 0.682. The van der Waals surface area contributed by atoms with Gasteiger partial charge in [-0.2, -0.15) is 0 Å². The van der Waals surface area contributed by atoms with E-state index < -0.39 is 0 Å². The normalized spacial score (nSPS) is 16.8. The number of likely N-dealkylation sites (N-methyl/N-ethyl adjacent to an activating group) is 1. The molecule has 2 aromatic carbocycles. The number of amides is 1. The van der Waals surface area contributed by atoms with Crippen LogP contribution in [0.1, 0.15) is 18.1 Å². The molecule has 27 heavy (non-hydrogen) atoms. The van der Waals surface area contributed by atoms with Crippen LogP contribution in [0.5, 0.6) is 5.75 Å². The number of aliphatic imine (C=N–C) groups is 1. The van der Waals surface area contributed by atoms with E-state index >= 15 is 0 Å². The molecule has 136 valence electrons. The molecular formula is C22H20N2O2S. The second kappa shape index (κ2) is 8.61. The molecule has 3 rings (SSSR count). The van der Waals surface area contributed by atoms with Crippen LogP contribution in [-0.4, -0.2) is 29.6 Å². The molecule has 5 heteroatoms. The van der Waals surface area contributed by atoms with Gasteiger partial charge in [0.25, 0.3) is 5.91 Å². The first-order valence-corrected chi connectivity index (χ1v) is 9.44. The van der Waals surface area contributed by atoms with Crippen molar-refractivity contribution in [1.29, 1.82) is 0 Å². The number of amidine groups is 1. The van der Waals surface area contributed by atoms with Crippen LogP contribution in [0.4, 0.5) is 5.69 Å². The molecule has 0 unspecified atom stereocenters. The molecule has 0 N–H and O–H groups in total. The van der Waals surface area contributed by atoms with Crippen LogP contribution < -0.4 is 4.74 Å². The highest BCUT2D eigenvalue weighted by molar-refractivity contribution is 8.18. The van der Waals surface area contributed by atoms with Gasteiger partial charge in [0.15, 0.2) is 5.17 Å². The van der Waals surface area contributed by atoms with Crippen molar-refractivity contribution in [2.75, 3.05) is 13.7 Å². The van der Waals surface area contributed by atoms with Crippen LogP contribution in [0.2, 0.25) is 0 Å². The maximum atomic E-state index is 12.6. The van der Waals surface area contributed by atoms with Gasteiger partial charge in [-0.05, 0) is 53.6 Å². The molecule has 1 heterocycles. The zero-order chi connectivity index (χ0) is 19.2. The molecule has 0 saturated carbocycles. The molecule has 2 aromatic rings. The summed E-state index contributed by atoms with van der Waals surface area (Å²) in [6, 6.07) is 15.5. The lowest BCUT2D eigenvalue weighted by Crippen LogP contribution is -2.23. The van der Waals surface area contributed by atoms with Gasteiger partial charge in [-0.1, -0.05) is 43.2 Å². The molecule has 4 nitrogen and oxygen atoms in total. The highest BCUT2D eigenvalue weighted by atomic mass is 32.2. The Balaban J connectivity index is 1.82. The number of terminal acetylenes is 1. The van der Waals surface area contributed by atoms with Crippen molar-refractivity contribution in [3.63, 3.8) is 0 Å². The van der Waals surface area contributed by atoms with E-state index in [0.717, 1.165) is 23.2 Å². The summed E-state index contributed by atoms with van der Waals surface area (Å²) in [7, 11) is 1.75. The standard InChI is InChI=1S/C22H20N2O2S/c1-4-14-26-18-12-10-16(11-13-18)15-20-21(25)24(3)22(27-20)23-19-9-7-6-8-17(19)5-2/h1,6-13,15H,5,14H2,2-3H3/b20-15+,23-22?. The summed E-state index contributed by atoms with van der Waals surface area (Å²) in [6.45, 7) is 2.33.